The van der Waals surface area contributed by atoms with E-state index in [2.05, 4.69) is 11.9 Å². The van der Waals surface area contributed by atoms with Crippen LogP contribution < -0.4 is 10.1 Å². The first-order chi connectivity index (χ1) is 12.0. The van der Waals surface area contributed by atoms with Crippen LogP contribution in [0.1, 0.15) is 5.56 Å². The summed E-state index contributed by atoms with van der Waals surface area (Å²) in [5, 5.41) is 2.61. The number of rotatable bonds is 7. The molecule has 0 spiro atoms. The van der Waals surface area contributed by atoms with E-state index >= 15 is 0 Å². The number of carbonyl (C=O) groups excluding carboxylic acids is 1. The first-order valence-corrected chi connectivity index (χ1v) is 9.26. The molecule has 0 aliphatic carbocycles. The van der Waals surface area contributed by atoms with Gasteiger partial charge >= 0.3 is 0 Å². The van der Waals surface area contributed by atoms with Gasteiger partial charge in [-0.15, -0.1) is 6.58 Å². The van der Waals surface area contributed by atoms with Crippen molar-refractivity contribution in [3.63, 3.8) is 0 Å². The minimum atomic E-state index is -3.70. The van der Waals surface area contributed by atoms with Crippen LogP contribution in [0.2, 0.25) is 0 Å². The van der Waals surface area contributed by atoms with E-state index in [4.69, 9.17) is 9.47 Å². The summed E-state index contributed by atoms with van der Waals surface area (Å²) in [6, 6.07) is 4.77. The van der Waals surface area contributed by atoms with E-state index in [0.717, 1.165) is 0 Å². The van der Waals surface area contributed by atoms with Gasteiger partial charge in [0, 0.05) is 25.7 Å². The van der Waals surface area contributed by atoms with Crippen LogP contribution >= 0.6 is 0 Å². The molecule has 1 fully saturated rings. The van der Waals surface area contributed by atoms with Gasteiger partial charge in [-0.2, -0.15) is 4.31 Å². The Balaban J connectivity index is 2.29. The van der Waals surface area contributed by atoms with Crippen molar-refractivity contribution in [3.8, 4) is 5.75 Å². The summed E-state index contributed by atoms with van der Waals surface area (Å²) in [5.41, 5.74) is 0.585. The van der Waals surface area contributed by atoms with Crippen molar-refractivity contribution in [2.24, 2.45) is 0 Å². The van der Waals surface area contributed by atoms with Crippen LogP contribution in [0.15, 0.2) is 41.8 Å². The monoisotopic (exact) mass is 366 g/mol. The van der Waals surface area contributed by atoms with Gasteiger partial charge in [-0.05, 0) is 23.8 Å². The maximum absolute atomic E-state index is 12.9. The molecule has 136 valence electrons. The molecule has 0 radical (unpaired) electrons. The lowest BCUT2D eigenvalue weighted by Crippen LogP contribution is -2.40. The van der Waals surface area contributed by atoms with Crippen LogP contribution in [0.25, 0.3) is 6.08 Å². The maximum Gasteiger partial charge on any atom is 0.246 e. The van der Waals surface area contributed by atoms with E-state index < -0.39 is 10.0 Å². The Morgan fingerprint density at radius 2 is 2.12 bits per heavy atom. The normalized spacial score (nSPS) is 15.9. The van der Waals surface area contributed by atoms with Gasteiger partial charge in [0.2, 0.25) is 15.9 Å². The zero-order valence-corrected chi connectivity index (χ0v) is 14.9. The standard InChI is InChI=1S/C17H22N2O5S/c1-3-8-18-17(20)7-5-14-4-6-15(23-2)16(13-14)25(21,22)19-9-11-24-12-10-19/h3-7,13H,1,8-12H2,2H3,(H,18,20)/b7-5+. The number of methoxy groups -OCH3 is 1. The SMILES string of the molecule is C=CCNC(=O)/C=C/c1ccc(OC)c(S(=O)(=O)N2CCOCC2)c1. The van der Waals surface area contributed by atoms with E-state index in [1.807, 2.05) is 0 Å². The molecule has 1 aliphatic rings. The van der Waals surface area contributed by atoms with Crippen LogP contribution in [-0.2, 0) is 19.6 Å². The first-order valence-electron chi connectivity index (χ1n) is 7.82. The zero-order chi connectivity index (χ0) is 18.3. The molecule has 1 aromatic carbocycles. The Morgan fingerprint density at radius 1 is 1.40 bits per heavy atom. The molecular weight excluding hydrogens is 344 g/mol. The lowest BCUT2D eigenvalue weighted by atomic mass is 10.2. The Kier molecular flexibility index (Phi) is 6.74. The molecule has 0 saturated carbocycles. The number of sulfonamides is 1. The minimum absolute atomic E-state index is 0.0746. The van der Waals surface area contributed by atoms with Crippen molar-refractivity contribution in [2.75, 3.05) is 40.0 Å². The summed E-state index contributed by atoms with van der Waals surface area (Å²) >= 11 is 0. The van der Waals surface area contributed by atoms with Gasteiger partial charge in [-0.1, -0.05) is 12.1 Å². The number of hydrogen-bond acceptors (Lipinski definition) is 5. The van der Waals surface area contributed by atoms with Crippen molar-refractivity contribution in [2.45, 2.75) is 4.90 Å². The molecule has 1 aliphatic heterocycles. The van der Waals surface area contributed by atoms with Gasteiger partial charge in [-0.3, -0.25) is 4.79 Å². The van der Waals surface area contributed by atoms with Gasteiger partial charge in [0.15, 0.2) is 0 Å². The number of morpholine rings is 1. The largest absolute Gasteiger partial charge is 0.495 e. The van der Waals surface area contributed by atoms with Crippen LogP contribution in [0, 0.1) is 0 Å². The molecule has 0 atom stereocenters. The lowest BCUT2D eigenvalue weighted by Gasteiger charge is -2.26. The average molecular weight is 366 g/mol. The van der Waals surface area contributed by atoms with Gasteiger partial charge in [0.25, 0.3) is 0 Å². The van der Waals surface area contributed by atoms with Crippen LogP contribution in [-0.4, -0.2) is 58.6 Å². The molecular formula is C17H22N2O5S. The summed E-state index contributed by atoms with van der Waals surface area (Å²) in [4.78, 5) is 11.7. The molecule has 0 aromatic heterocycles. The van der Waals surface area contributed by atoms with Gasteiger partial charge in [0.1, 0.15) is 10.6 Å². The molecule has 0 unspecified atom stereocenters. The lowest BCUT2D eigenvalue weighted by molar-refractivity contribution is -0.116. The third kappa shape index (κ3) is 4.91. The average Bonchev–Trinajstić information content (AvgIpc) is 2.65. The van der Waals surface area contributed by atoms with Crippen LogP contribution in [0.3, 0.4) is 0 Å². The second-order valence-electron chi connectivity index (χ2n) is 5.29. The molecule has 7 nitrogen and oxygen atoms in total. The minimum Gasteiger partial charge on any atom is -0.495 e. The molecule has 2 rings (SSSR count). The highest BCUT2D eigenvalue weighted by Gasteiger charge is 2.29. The quantitative estimate of drug-likeness (QED) is 0.576. The molecule has 1 aromatic rings. The van der Waals surface area contributed by atoms with E-state index in [9.17, 15) is 13.2 Å². The van der Waals surface area contributed by atoms with E-state index in [-0.39, 0.29) is 16.6 Å². The number of nitrogens with one attached hydrogen (secondary N) is 1. The van der Waals surface area contributed by atoms with Crippen molar-refractivity contribution < 1.29 is 22.7 Å². The van der Waals surface area contributed by atoms with Gasteiger partial charge in [0.05, 0.1) is 20.3 Å². The Hall–Kier alpha value is -2.16. The van der Waals surface area contributed by atoms with Crippen LogP contribution in [0.4, 0.5) is 0 Å². The highest BCUT2D eigenvalue weighted by atomic mass is 32.2. The number of nitrogens with zero attached hydrogens (tertiary/aromatic N) is 1. The fraction of sp³-hybridized carbons (Fsp3) is 0.353. The van der Waals surface area contributed by atoms with Crippen molar-refractivity contribution in [3.05, 3.63) is 42.5 Å². The first kappa shape index (κ1) is 19.2. The fourth-order valence-electron chi connectivity index (χ4n) is 2.33. The second kappa shape index (κ2) is 8.80. The topological polar surface area (TPSA) is 84.9 Å². The van der Waals surface area contributed by atoms with Crippen LogP contribution in [0.5, 0.6) is 5.75 Å². The summed E-state index contributed by atoms with van der Waals surface area (Å²) in [6.45, 7) is 5.22. The zero-order valence-electron chi connectivity index (χ0n) is 14.1. The number of hydrogen-bond donors (Lipinski definition) is 1. The summed E-state index contributed by atoms with van der Waals surface area (Å²) in [7, 11) is -2.28. The summed E-state index contributed by atoms with van der Waals surface area (Å²) < 4.78 is 37.5. The van der Waals surface area contributed by atoms with E-state index in [0.29, 0.717) is 38.4 Å². The van der Waals surface area contributed by atoms with Gasteiger partial charge < -0.3 is 14.8 Å². The molecule has 1 heterocycles. The summed E-state index contributed by atoms with van der Waals surface area (Å²) in [6.07, 6.45) is 4.47. The highest BCUT2D eigenvalue weighted by molar-refractivity contribution is 7.89. The third-order valence-corrected chi connectivity index (χ3v) is 5.54. The number of amides is 1. The predicted octanol–water partition coefficient (Wildman–Crippen LogP) is 1.03. The molecule has 8 heteroatoms. The fourth-order valence-corrected chi connectivity index (χ4v) is 3.93. The Morgan fingerprint density at radius 3 is 2.76 bits per heavy atom. The maximum atomic E-state index is 12.9. The molecule has 25 heavy (non-hydrogen) atoms. The Labute approximate surface area is 148 Å². The Bertz CT molecular complexity index is 752. The number of benzene rings is 1. The molecule has 1 amide bonds. The summed E-state index contributed by atoms with van der Waals surface area (Å²) in [5.74, 6) is -0.0203. The predicted molar refractivity (Wildman–Crippen MR) is 94.8 cm³/mol. The van der Waals surface area contributed by atoms with Crippen molar-refractivity contribution in [1.82, 2.24) is 9.62 Å². The van der Waals surface area contributed by atoms with Gasteiger partial charge in [-0.25, -0.2) is 8.42 Å². The number of ether oxygens (including phenoxy) is 2. The molecule has 1 N–H and O–H groups in total. The van der Waals surface area contributed by atoms with E-state index in [1.165, 1.54) is 23.6 Å². The van der Waals surface area contributed by atoms with Crippen molar-refractivity contribution in [1.29, 1.82) is 0 Å². The molecule has 0 bridgehead atoms. The highest BCUT2D eigenvalue weighted by Crippen LogP contribution is 2.28. The second-order valence-corrected chi connectivity index (χ2v) is 7.20. The number of carbonyl (C=O) groups is 1. The van der Waals surface area contributed by atoms with Crippen molar-refractivity contribution >= 4 is 22.0 Å². The molecule has 1 saturated heterocycles. The third-order valence-electron chi connectivity index (χ3n) is 3.62. The smallest absolute Gasteiger partial charge is 0.246 e. The van der Waals surface area contributed by atoms with E-state index in [1.54, 1.807) is 24.3 Å².